The van der Waals surface area contributed by atoms with Crippen LogP contribution in [0.5, 0.6) is 5.75 Å². The number of carbonyl (C=O) groups is 1. The number of hydrogen-bond donors (Lipinski definition) is 0. The number of hydrogen-bond acceptors (Lipinski definition) is 5. The van der Waals surface area contributed by atoms with E-state index in [-0.39, 0.29) is 12.0 Å². The quantitative estimate of drug-likeness (QED) is 0.474. The van der Waals surface area contributed by atoms with Crippen LogP contribution in [0.15, 0.2) is 36.4 Å². The summed E-state index contributed by atoms with van der Waals surface area (Å²) in [5.74, 6) is 0.504. The highest BCUT2D eigenvalue weighted by atomic mass is 35.5. The molecule has 1 fully saturated rings. The van der Waals surface area contributed by atoms with Gasteiger partial charge in [-0.1, -0.05) is 40.6 Å². The predicted octanol–water partition coefficient (Wildman–Crippen LogP) is 5.83. The zero-order valence-electron chi connectivity index (χ0n) is 15.9. The molecule has 2 aromatic carbocycles. The standard InChI is InChI=1S/C21H20Cl2N2O3S/c1-2-27-17-6-3-7-18-19(17)24-21(29-18)25(12-16-5-4-8-28-16)20(26)13-9-14(22)11-15(23)10-13/h3,6-7,9-11,16H,2,4-5,8,12H2,1H3. The maximum Gasteiger partial charge on any atom is 0.260 e. The molecule has 0 saturated carbocycles. The average Bonchev–Trinajstić information content (AvgIpc) is 3.35. The molecule has 3 aromatic rings. The lowest BCUT2D eigenvalue weighted by Gasteiger charge is -2.23. The Hall–Kier alpha value is -1.86. The lowest BCUT2D eigenvalue weighted by atomic mass is 10.1. The molecule has 1 amide bonds. The van der Waals surface area contributed by atoms with E-state index in [1.54, 1.807) is 23.1 Å². The van der Waals surface area contributed by atoms with E-state index in [9.17, 15) is 4.79 Å². The molecule has 0 N–H and O–H groups in total. The van der Waals surface area contributed by atoms with Gasteiger partial charge in [-0.25, -0.2) is 4.98 Å². The van der Waals surface area contributed by atoms with Crippen molar-refractivity contribution in [2.75, 3.05) is 24.7 Å². The molecule has 0 spiro atoms. The number of para-hydroxylation sites is 1. The summed E-state index contributed by atoms with van der Waals surface area (Å²) in [6, 6.07) is 10.6. The van der Waals surface area contributed by atoms with Crippen LogP contribution in [0.1, 0.15) is 30.1 Å². The van der Waals surface area contributed by atoms with Crippen LogP contribution in [0.25, 0.3) is 10.2 Å². The van der Waals surface area contributed by atoms with Crippen molar-refractivity contribution >= 4 is 55.8 Å². The molecular formula is C21H20Cl2N2O3S. The second kappa shape index (κ2) is 8.88. The van der Waals surface area contributed by atoms with Crippen molar-refractivity contribution < 1.29 is 14.3 Å². The molecule has 4 rings (SSSR count). The summed E-state index contributed by atoms with van der Waals surface area (Å²) in [6.07, 6.45) is 1.88. The minimum atomic E-state index is -0.207. The number of amides is 1. The summed E-state index contributed by atoms with van der Waals surface area (Å²) in [4.78, 5) is 19.8. The van der Waals surface area contributed by atoms with Crippen molar-refractivity contribution in [1.29, 1.82) is 0 Å². The number of halogens is 2. The minimum absolute atomic E-state index is 0.0213. The molecule has 8 heteroatoms. The molecule has 5 nitrogen and oxygen atoms in total. The van der Waals surface area contributed by atoms with Gasteiger partial charge in [0.15, 0.2) is 5.13 Å². The van der Waals surface area contributed by atoms with Crippen molar-refractivity contribution in [2.24, 2.45) is 0 Å². The van der Waals surface area contributed by atoms with Gasteiger partial charge in [0.25, 0.3) is 5.91 Å². The maximum absolute atomic E-state index is 13.4. The lowest BCUT2D eigenvalue weighted by Crippen LogP contribution is -2.37. The van der Waals surface area contributed by atoms with Crippen LogP contribution in [-0.4, -0.2) is 36.8 Å². The van der Waals surface area contributed by atoms with Crippen LogP contribution in [0.4, 0.5) is 5.13 Å². The third kappa shape index (κ3) is 4.51. The number of rotatable bonds is 6. The molecule has 0 bridgehead atoms. The molecule has 1 aliphatic rings. The first kappa shape index (κ1) is 20.4. The van der Waals surface area contributed by atoms with Crippen LogP contribution in [0.2, 0.25) is 10.0 Å². The molecule has 1 aromatic heterocycles. The van der Waals surface area contributed by atoms with Gasteiger partial charge in [-0.2, -0.15) is 0 Å². The van der Waals surface area contributed by atoms with Gasteiger partial charge in [-0.05, 0) is 50.1 Å². The Morgan fingerprint density at radius 2 is 2.10 bits per heavy atom. The van der Waals surface area contributed by atoms with Crippen molar-refractivity contribution in [3.05, 3.63) is 52.0 Å². The topological polar surface area (TPSA) is 51.7 Å². The fraction of sp³-hybridized carbons (Fsp3) is 0.333. The van der Waals surface area contributed by atoms with E-state index in [2.05, 4.69) is 0 Å². The highest BCUT2D eigenvalue weighted by Crippen LogP contribution is 2.35. The summed E-state index contributed by atoms with van der Waals surface area (Å²) < 4.78 is 12.4. The first-order valence-corrected chi connectivity index (χ1v) is 11.0. The SMILES string of the molecule is CCOc1cccc2sc(N(CC3CCCO3)C(=O)c3cc(Cl)cc(Cl)c3)nc12. The Morgan fingerprint density at radius 3 is 2.79 bits per heavy atom. The Kier molecular flexibility index (Phi) is 6.25. The van der Waals surface area contributed by atoms with Gasteiger partial charge < -0.3 is 9.47 Å². The van der Waals surface area contributed by atoms with E-state index in [0.717, 1.165) is 23.1 Å². The summed E-state index contributed by atoms with van der Waals surface area (Å²) in [6.45, 7) is 3.62. The number of ether oxygens (including phenoxy) is 2. The third-order valence-electron chi connectivity index (χ3n) is 4.67. The molecule has 152 valence electrons. The van der Waals surface area contributed by atoms with E-state index in [4.69, 9.17) is 37.7 Å². The van der Waals surface area contributed by atoms with Crippen LogP contribution in [0, 0.1) is 0 Å². The number of benzene rings is 2. The van der Waals surface area contributed by atoms with Gasteiger partial charge in [0.05, 0.1) is 24.0 Å². The van der Waals surface area contributed by atoms with Crippen LogP contribution < -0.4 is 9.64 Å². The fourth-order valence-corrected chi connectivity index (χ4v) is 4.89. The number of aromatic nitrogens is 1. The molecular weight excluding hydrogens is 431 g/mol. The van der Waals surface area contributed by atoms with Crippen LogP contribution >= 0.6 is 34.5 Å². The molecule has 0 aliphatic carbocycles. The summed E-state index contributed by atoms with van der Waals surface area (Å²) in [7, 11) is 0. The first-order chi connectivity index (χ1) is 14.0. The zero-order chi connectivity index (χ0) is 20.4. The van der Waals surface area contributed by atoms with Crippen LogP contribution in [0.3, 0.4) is 0 Å². The van der Waals surface area contributed by atoms with Gasteiger partial charge in [0.2, 0.25) is 0 Å². The summed E-state index contributed by atoms with van der Waals surface area (Å²) in [5.41, 5.74) is 1.17. The van der Waals surface area contributed by atoms with E-state index >= 15 is 0 Å². The second-order valence-electron chi connectivity index (χ2n) is 6.74. The number of thiazole rings is 1. The Balaban J connectivity index is 1.74. The smallest absolute Gasteiger partial charge is 0.260 e. The van der Waals surface area contributed by atoms with Gasteiger partial charge in [0.1, 0.15) is 11.3 Å². The Bertz CT molecular complexity index is 1010. The zero-order valence-corrected chi connectivity index (χ0v) is 18.2. The van der Waals surface area contributed by atoms with Gasteiger partial charge in [-0.15, -0.1) is 0 Å². The summed E-state index contributed by atoms with van der Waals surface area (Å²) >= 11 is 13.7. The molecule has 1 aliphatic heterocycles. The second-order valence-corrected chi connectivity index (χ2v) is 8.62. The molecule has 29 heavy (non-hydrogen) atoms. The number of nitrogens with zero attached hydrogens (tertiary/aromatic N) is 2. The number of anilines is 1. The van der Waals surface area contributed by atoms with Crippen LogP contribution in [-0.2, 0) is 4.74 Å². The van der Waals surface area contributed by atoms with Crippen molar-refractivity contribution in [2.45, 2.75) is 25.9 Å². The fourth-order valence-electron chi connectivity index (χ4n) is 3.37. The van der Waals surface area contributed by atoms with Crippen molar-refractivity contribution in [1.82, 2.24) is 4.98 Å². The minimum Gasteiger partial charge on any atom is -0.492 e. The molecule has 2 heterocycles. The Labute approximate surface area is 183 Å². The van der Waals surface area contributed by atoms with Gasteiger partial charge in [0, 0.05) is 22.2 Å². The largest absolute Gasteiger partial charge is 0.492 e. The molecule has 1 atom stereocenters. The monoisotopic (exact) mass is 450 g/mol. The van der Waals surface area contributed by atoms with Crippen molar-refractivity contribution in [3.8, 4) is 5.75 Å². The predicted molar refractivity (Wildman–Crippen MR) is 118 cm³/mol. The van der Waals surface area contributed by atoms with Crippen molar-refractivity contribution in [3.63, 3.8) is 0 Å². The van der Waals surface area contributed by atoms with E-state index in [1.807, 2.05) is 25.1 Å². The van der Waals surface area contributed by atoms with E-state index < -0.39 is 0 Å². The molecule has 0 radical (unpaired) electrons. The first-order valence-electron chi connectivity index (χ1n) is 9.47. The van der Waals surface area contributed by atoms with E-state index in [1.165, 1.54) is 11.3 Å². The molecule has 1 unspecified atom stereocenters. The average molecular weight is 451 g/mol. The normalized spacial score (nSPS) is 16.3. The maximum atomic E-state index is 13.4. The highest BCUT2D eigenvalue weighted by molar-refractivity contribution is 7.22. The van der Waals surface area contributed by atoms with Gasteiger partial charge >= 0.3 is 0 Å². The Morgan fingerprint density at radius 1 is 1.31 bits per heavy atom. The summed E-state index contributed by atoms with van der Waals surface area (Å²) in [5, 5.41) is 1.44. The highest BCUT2D eigenvalue weighted by Gasteiger charge is 2.28. The number of carbonyl (C=O) groups excluding carboxylic acids is 1. The molecule has 1 saturated heterocycles. The van der Waals surface area contributed by atoms with E-state index in [0.29, 0.717) is 46.2 Å². The number of fused-ring (bicyclic) bond motifs is 1. The lowest BCUT2D eigenvalue weighted by molar-refractivity contribution is 0.0917. The van der Waals surface area contributed by atoms with Gasteiger partial charge in [-0.3, -0.25) is 9.69 Å². The third-order valence-corrected chi connectivity index (χ3v) is 6.15.